The predicted octanol–water partition coefficient (Wildman–Crippen LogP) is 5.94. The second-order valence-electron chi connectivity index (χ2n) is 4.77. The summed E-state index contributed by atoms with van der Waals surface area (Å²) >= 11 is 7.55. The Morgan fingerprint density at radius 3 is 2.52 bits per heavy atom. The molecule has 1 heterocycles. The van der Waals surface area contributed by atoms with Crippen LogP contribution in [0.3, 0.4) is 0 Å². The average molecular weight is 312 g/mol. The van der Waals surface area contributed by atoms with Crippen molar-refractivity contribution in [3.8, 4) is 11.3 Å². The zero-order valence-corrected chi connectivity index (χ0v) is 13.2. The van der Waals surface area contributed by atoms with Gasteiger partial charge in [-0.05, 0) is 36.3 Å². The standard InChI is InChI=1S/C18H14ClNS/c1-13-4-2-3-5-14(13)8-11-18-20-17(12-21-18)15-6-9-16(19)10-7-15/h2-12H,1H3. The van der Waals surface area contributed by atoms with Crippen LogP contribution in [0.2, 0.25) is 5.02 Å². The molecular weight excluding hydrogens is 298 g/mol. The first-order valence-corrected chi connectivity index (χ1v) is 7.93. The van der Waals surface area contributed by atoms with Gasteiger partial charge in [-0.3, -0.25) is 0 Å². The van der Waals surface area contributed by atoms with Crippen molar-refractivity contribution in [1.29, 1.82) is 0 Å². The van der Waals surface area contributed by atoms with Gasteiger partial charge >= 0.3 is 0 Å². The molecule has 2 aromatic carbocycles. The molecule has 0 N–H and O–H groups in total. The quantitative estimate of drug-likeness (QED) is 0.583. The molecule has 1 nitrogen and oxygen atoms in total. The maximum Gasteiger partial charge on any atom is 0.116 e. The molecule has 3 aromatic rings. The van der Waals surface area contributed by atoms with Crippen LogP contribution in [0.4, 0.5) is 0 Å². The Morgan fingerprint density at radius 1 is 1.00 bits per heavy atom. The van der Waals surface area contributed by atoms with Crippen LogP contribution in [0, 0.1) is 6.92 Å². The maximum absolute atomic E-state index is 5.91. The van der Waals surface area contributed by atoms with Gasteiger partial charge in [0.1, 0.15) is 5.01 Å². The Balaban J connectivity index is 1.82. The van der Waals surface area contributed by atoms with Crippen LogP contribution < -0.4 is 0 Å². The topological polar surface area (TPSA) is 12.9 Å². The first-order chi connectivity index (χ1) is 10.2. The van der Waals surface area contributed by atoms with Gasteiger partial charge in [-0.1, -0.05) is 54.1 Å². The van der Waals surface area contributed by atoms with Gasteiger partial charge < -0.3 is 0 Å². The normalized spacial score (nSPS) is 11.1. The minimum absolute atomic E-state index is 0.744. The van der Waals surface area contributed by atoms with Crippen molar-refractivity contribution in [3.05, 3.63) is 75.1 Å². The fraction of sp³-hybridized carbons (Fsp3) is 0.0556. The number of thiazole rings is 1. The Bertz CT molecular complexity index is 772. The predicted molar refractivity (Wildman–Crippen MR) is 92.7 cm³/mol. The molecule has 0 unspecified atom stereocenters. The van der Waals surface area contributed by atoms with E-state index in [9.17, 15) is 0 Å². The van der Waals surface area contributed by atoms with Gasteiger partial charge in [0.05, 0.1) is 5.69 Å². The molecule has 0 radical (unpaired) electrons. The number of aryl methyl sites for hydroxylation is 1. The Kier molecular flexibility index (Phi) is 4.18. The monoisotopic (exact) mass is 311 g/mol. The average Bonchev–Trinajstić information content (AvgIpc) is 2.96. The Labute approximate surface area is 133 Å². The highest BCUT2D eigenvalue weighted by Crippen LogP contribution is 2.24. The molecule has 21 heavy (non-hydrogen) atoms. The molecule has 0 atom stereocenters. The summed E-state index contributed by atoms with van der Waals surface area (Å²) in [6, 6.07) is 16.1. The molecule has 3 rings (SSSR count). The Hall–Kier alpha value is -1.90. The fourth-order valence-electron chi connectivity index (χ4n) is 2.05. The van der Waals surface area contributed by atoms with E-state index in [-0.39, 0.29) is 0 Å². The van der Waals surface area contributed by atoms with Gasteiger partial charge in [0.25, 0.3) is 0 Å². The van der Waals surface area contributed by atoms with E-state index in [0.717, 1.165) is 21.3 Å². The summed E-state index contributed by atoms with van der Waals surface area (Å²) in [5, 5.41) is 3.82. The van der Waals surface area contributed by atoms with Gasteiger partial charge in [0, 0.05) is 16.0 Å². The molecule has 104 valence electrons. The number of rotatable bonds is 3. The lowest BCUT2D eigenvalue weighted by atomic mass is 10.1. The summed E-state index contributed by atoms with van der Waals surface area (Å²) in [6.07, 6.45) is 4.17. The van der Waals surface area contributed by atoms with E-state index >= 15 is 0 Å². The number of nitrogens with zero attached hydrogens (tertiary/aromatic N) is 1. The lowest BCUT2D eigenvalue weighted by Crippen LogP contribution is -1.79. The van der Waals surface area contributed by atoms with E-state index in [1.165, 1.54) is 11.1 Å². The highest BCUT2D eigenvalue weighted by Gasteiger charge is 2.02. The summed E-state index contributed by atoms with van der Waals surface area (Å²) in [4.78, 5) is 4.64. The molecule has 0 aliphatic heterocycles. The lowest BCUT2D eigenvalue weighted by molar-refractivity contribution is 1.38. The summed E-state index contributed by atoms with van der Waals surface area (Å²) in [5.74, 6) is 0. The van der Waals surface area contributed by atoms with Gasteiger partial charge in [-0.2, -0.15) is 0 Å². The van der Waals surface area contributed by atoms with Crippen molar-refractivity contribution in [2.45, 2.75) is 6.92 Å². The molecule has 0 aliphatic carbocycles. The van der Waals surface area contributed by atoms with Gasteiger partial charge in [-0.15, -0.1) is 11.3 Å². The van der Waals surface area contributed by atoms with Gasteiger partial charge in [-0.25, -0.2) is 4.98 Å². The first kappa shape index (κ1) is 14.1. The van der Waals surface area contributed by atoms with Crippen molar-refractivity contribution in [1.82, 2.24) is 4.98 Å². The van der Waals surface area contributed by atoms with Crippen LogP contribution >= 0.6 is 22.9 Å². The van der Waals surface area contributed by atoms with Crippen LogP contribution in [-0.4, -0.2) is 4.98 Å². The zero-order chi connectivity index (χ0) is 14.7. The minimum atomic E-state index is 0.744. The minimum Gasteiger partial charge on any atom is -0.237 e. The third kappa shape index (κ3) is 3.41. The SMILES string of the molecule is Cc1ccccc1C=Cc1nc(-c2ccc(Cl)cc2)cs1. The van der Waals surface area contributed by atoms with Gasteiger partial charge in [0.15, 0.2) is 0 Å². The summed E-state index contributed by atoms with van der Waals surface area (Å²) in [6.45, 7) is 2.11. The summed E-state index contributed by atoms with van der Waals surface area (Å²) < 4.78 is 0. The van der Waals surface area contributed by atoms with E-state index in [1.54, 1.807) is 11.3 Å². The van der Waals surface area contributed by atoms with Crippen LogP contribution in [0.1, 0.15) is 16.1 Å². The molecule has 3 heteroatoms. The van der Waals surface area contributed by atoms with Crippen LogP contribution in [-0.2, 0) is 0 Å². The highest BCUT2D eigenvalue weighted by atomic mass is 35.5. The molecule has 0 aliphatic rings. The van der Waals surface area contributed by atoms with E-state index in [0.29, 0.717) is 0 Å². The van der Waals surface area contributed by atoms with Gasteiger partial charge in [0.2, 0.25) is 0 Å². The van der Waals surface area contributed by atoms with E-state index in [2.05, 4.69) is 47.6 Å². The van der Waals surface area contributed by atoms with Crippen molar-refractivity contribution in [3.63, 3.8) is 0 Å². The van der Waals surface area contributed by atoms with Crippen LogP contribution in [0.25, 0.3) is 23.4 Å². The lowest BCUT2D eigenvalue weighted by Gasteiger charge is -1.97. The molecular formula is C18H14ClNS. The molecule has 0 amide bonds. The molecule has 0 bridgehead atoms. The van der Waals surface area contributed by atoms with E-state index < -0.39 is 0 Å². The van der Waals surface area contributed by atoms with E-state index in [1.807, 2.05) is 30.3 Å². The second kappa shape index (κ2) is 6.25. The fourth-order valence-corrected chi connectivity index (χ4v) is 2.90. The highest BCUT2D eigenvalue weighted by molar-refractivity contribution is 7.10. The van der Waals surface area contributed by atoms with E-state index in [4.69, 9.17) is 11.6 Å². The number of benzene rings is 2. The zero-order valence-electron chi connectivity index (χ0n) is 11.6. The van der Waals surface area contributed by atoms with Crippen molar-refractivity contribution in [2.24, 2.45) is 0 Å². The number of halogens is 1. The summed E-state index contributed by atoms with van der Waals surface area (Å²) in [5.41, 5.74) is 4.57. The smallest absolute Gasteiger partial charge is 0.116 e. The molecule has 0 saturated carbocycles. The maximum atomic E-state index is 5.91. The number of hydrogen-bond acceptors (Lipinski definition) is 2. The Morgan fingerprint density at radius 2 is 1.76 bits per heavy atom. The van der Waals surface area contributed by atoms with Crippen molar-refractivity contribution >= 4 is 35.1 Å². The molecule has 0 fully saturated rings. The third-order valence-corrected chi connectivity index (χ3v) is 4.32. The first-order valence-electron chi connectivity index (χ1n) is 6.67. The third-order valence-electron chi connectivity index (χ3n) is 3.26. The number of aromatic nitrogens is 1. The van der Waals surface area contributed by atoms with Crippen molar-refractivity contribution in [2.75, 3.05) is 0 Å². The largest absolute Gasteiger partial charge is 0.237 e. The van der Waals surface area contributed by atoms with Crippen LogP contribution in [0.5, 0.6) is 0 Å². The van der Waals surface area contributed by atoms with Crippen molar-refractivity contribution < 1.29 is 0 Å². The molecule has 0 saturated heterocycles. The summed E-state index contributed by atoms with van der Waals surface area (Å²) in [7, 11) is 0. The molecule has 1 aromatic heterocycles. The number of hydrogen-bond donors (Lipinski definition) is 0. The van der Waals surface area contributed by atoms with Crippen LogP contribution in [0.15, 0.2) is 53.9 Å². The second-order valence-corrected chi connectivity index (χ2v) is 6.09. The molecule has 0 spiro atoms.